The number of nitrogens with one attached hydrogen (secondary N) is 1. The minimum Gasteiger partial charge on any atom is -0.346 e. The van der Waals surface area contributed by atoms with E-state index in [9.17, 15) is 4.79 Å². The fraction of sp³-hybridized carbons (Fsp3) is 0.412. The predicted octanol–water partition coefficient (Wildman–Crippen LogP) is 1.70. The Morgan fingerprint density at radius 3 is 2.88 bits per heavy atom. The fourth-order valence-corrected chi connectivity index (χ4v) is 4.86. The summed E-state index contributed by atoms with van der Waals surface area (Å²) < 4.78 is 2.75. The number of hydrogen-bond donors (Lipinski definition) is 1. The van der Waals surface area contributed by atoms with Crippen molar-refractivity contribution in [3.05, 3.63) is 36.4 Å². The van der Waals surface area contributed by atoms with E-state index in [1.807, 2.05) is 12.1 Å². The number of carbonyl (C=O) groups is 1. The maximum atomic E-state index is 12.7. The monoisotopic (exact) mass is 354 g/mol. The van der Waals surface area contributed by atoms with E-state index >= 15 is 0 Å². The van der Waals surface area contributed by atoms with Crippen molar-refractivity contribution in [2.75, 3.05) is 19.6 Å². The molecule has 3 saturated heterocycles. The van der Waals surface area contributed by atoms with Gasteiger partial charge in [-0.15, -0.1) is 16.4 Å². The average molecular weight is 354 g/mol. The van der Waals surface area contributed by atoms with E-state index in [0.29, 0.717) is 11.6 Å². The molecule has 3 aromatic rings. The third-order valence-corrected chi connectivity index (χ3v) is 6.33. The summed E-state index contributed by atoms with van der Waals surface area (Å²) in [6.45, 7) is 3.30. The zero-order valence-corrected chi connectivity index (χ0v) is 14.4. The quantitative estimate of drug-likeness (QED) is 0.775. The Morgan fingerprint density at radius 2 is 2.16 bits per heavy atom. The third-order valence-electron chi connectivity index (χ3n) is 5.24. The third kappa shape index (κ3) is 2.71. The van der Waals surface area contributed by atoms with Crippen molar-refractivity contribution in [3.8, 4) is 5.00 Å². The summed E-state index contributed by atoms with van der Waals surface area (Å²) in [5.74, 6) is 0.537. The van der Waals surface area contributed by atoms with E-state index in [4.69, 9.17) is 0 Å². The predicted molar refractivity (Wildman–Crippen MR) is 95.0 cm³/mol. The van der Waals surface area contributed by atoms with E-state index in [0.717, 1.165) is 21.6 Å². The maximum absolute atomic E-state index is 12.7. The first-order valence-electron chi connectivity index (χ1n) is 8.56. The van der Waals surface area contributed by atoms with Crippen molar-refractivity contribution in [1.82, 2.24) is 30.2 Å². The Bertz CT molecular complexity index is 913. The van der Waals surface area contributed by atoms with Crippen LogP contribution in [0, 0.1) is 5.92 Å². The largest absolute Gasteiger partial charge is 0.346 e. The van der Waals surface area contributed by atoms with Crippen molar-refractivity contribution in [3.63, 3.8) is 0 Å². The van der Waals surface area contributed by atoms with Crippen LogP contribution in [0.1, 0.15) is 23.3 Å². The first-order chi connectivity index (χ1) is 12.3. The molecule has 0 radical (unpaired) electrons. The van der Waals surface area contributed by atoms with Crippen LogP contribution in [-0.4, -0.2) is 56.5 Å². The lowest BCUT2D eigenvalue weighted by atomic mass is 9.84. The van der Waals surface area contributed by atoms with Crippen LogP contribution in [0.25, 0.3) is 15.1 Å². The van der Waals surface area contributed by atoms with Gasteiger partial charge in [-0.3, -0.25) is 9.78 Å². The highest BCUT2D eigenvalue weighted by Gasteiger charge is 2.35. The summed E-state index contributed by atoms with van der Waals surface area (Å²) in [5, 5.41) is 13.0. The Morgan fingerprint density at radius 1 is 1.28 bits per heavy atom. The van der Waals surface area contributed by atoms with Crippen LogP contribution in [0.15, 0.2) is 30.7 Å². The van der Waals surface area contributed by atoms with Crippen molar-refractivity contribution >= 4 is 27.3 Å². The van der Waals surface area contributed by atoms with Crippen LogP contribution < -0.4 is 5.32 Å². The normalized spacial score (nSPS) is 25.4. The van der Waals surface area contributed by atoms with Crippen molar-refractivity contribution in [2.24, 2.45) is 5.92 Å². The van der Waals surface area contributed by atoms with Gasteiger partial charge < -0.3 is 10.2 Å². The molecule has 0 saturated carbocycles. The molecule has 6 rings (SSSR count). The Kier molecular flexibility index (Phi) is 3.53. The van der Waals surface area contributed by atoms with Gasteiger partial charge in [0, 0.05) is 28.9 Å². The molecule has 0 unspecified atom stereocenters. The van der Waals surface area contributed by atoms with Gasteiger partial charge in [0.25, 0.3) is 5.91 Å². The van der Waals surface area contributed by atoms with E-state index in [1.54, 1.807) is 34.6 Å². The van der Waals surface area contributed by atoms with Gasteiger partial charge in [0.2, 0.25) is 0 Å². The highest BCUT2D eigenvalue weighted by molar-refractivity contribution is 7.21. The molecule has 0 aromatic carbocycles. The van der Waals surface area contributed by atoms with Gasteiger partial charge in [0.05, 0.1) is 12.4 Å². The lowest BCUT2D eigenvalue weighted by Gasteiger charge is -2.44. The van der Waals surface area contributed by atoms with Crippen LogP contribution in [0.2, 0.25) is 0 Å². The number of thiophene rings is 1. The van der Waals surface area contributed by atoms with Gasteiger partial charge in [0.1, 0.15) is 10.7 Å². The molecule has 7 nitrogen and oxygen atoms in total. The zero-order chi connectivity index (χ0) is 16.8. The van der Waals surface area contributed by atoms with Crippen LogP contribution in [0.5, 0.6) is 0 Å². The summed E-state index contributed by atoms with van der Waals surface area (Å²) in [5.41, 5.74) is 0.482. The standard InChI is InChI=1S/C17H18N6OS/c24-17(20-14-10-22-4-1-11(14)2-5-22)13-8-15-12(9-18-13)7-16(25-15)23-6-3-19-21-23/h3,6-9,11,14H,1-2,4-5,10H2,(H,20,24)/t14-/m0/s1. The molecule has 1 atom stereocenters. The van der Waals surface area contributed by atoms with Gasteiger partial charge in [-0.25, -0.2) is 4.68 Å². The lowest BCUT2D eigenvalue weighted by molar-refractivity contribution is 0.0618. The number of piperidine rings is 3. The minimum atomic E-state index is -0.0728. The number of hydrogen-bond acceptors (Lipinski definition) is 6. The van der Waals surface area contributed by atoms with E-state index < -0.39 is 0 Å². The number of pyridine rings is 1. The molecule has 3 aliphatic rings. The molecule has 2 bridgehead atoms. The molecule has 3 fully saturated rings. The molecule has 6 heterocycles. The molecule has 3 aromatic heterocycles. The summed E-state index contributed by atoms with van der Waals surface area (Å²) in [6.07, 6.45) is 7.58. The van der Waals surface area contributed by atoms with Crippen molar-refractivity contribution in [2.45, 2.75) is 18.9 Å². The van der Waals surface area contributed by atoms with Gasteiger partial charge in [-0.1, -0.05) is 5.21 Å². The van der Waals surface area contributed by atoms with Gasteiger partial charge in [-0.05, 0) is 44.0 Å². The second-order valence-corrected chi connectivity index (χ2v) is 7.82. The lowest BCUT2D eigenvalue weighted by Crippen LogP contribution is -2.57. The Balaban J connectivity index is 1.38. The smallest absolute Gasteiger partial charge is 0.270 e. The first kappa shape index (κ1) is 15.0. The molecule has 1 amide bonds. The molecule has 128 valence electrons. The molecule has 3 aliphatic heterocycles. The van der Waals surface area contributed by atoms with Crippen LogP contribution >= 0.6 is 11.3 Å². The first-order valence-corrected chi connectivity index (χ1v) is 9.37. The average Bonchev–Trinajstić information content (AvgIpc) is 3.31. The van der Waals surface area contributed by atoms with Crippen LogP contribution in [0.4, 0.5) is 0 Å². The van der Waals surface area contributed by atoms with Gasteiger partial charge in [-0.2, -0.15) is 0 Å². The second kappa shape index (κ2) is 5.89. The Labute approximate surface area is 148 Å². The molecular formula is C17H18N6OS. The molecule has 25 heavy (non-hydrogen) atoms. The number of aromatic nitrogens is 4. The number of carbonyl (C=O) groups excluding carboxylic acids is 1. The number of rotatable bonds is 3. The van der Waals surface area contributed by atoms with Crippen LogP contribution in [0.3, 0.4) is 0 Å². The topological polar surface area (TPSA) is 75.9 Å². The number of fused-ring (bicyclic) bond motifs is 4. The highest BCUT2D eigenvalue weighted by Crippen LogP contribution is 2.29. The van der Waals surface area contributed by atoms with E-state index in [2.05, 4.69) is 25.5 Å². The molecular weight excluding hydrogens is 336 g/mol. The van der Waals surface area contributed by atoms with E-state index in [-0.39, 0.29) is 11.9 Å². The van der Waals surface area contributed by atoms with Gasteiger partial charge in [0.15, 0.2) is 0 Å². The maximum Gasteiger partial charge on any atom is 0.270 e. The summed E-state index contributed by atoms with van der Waals surface area (Å²) in [6, 6.07) is 4.13. The van der Waals surface area contributed by atoms with Crippen molar-refractivity contribution in [1.29, 1.82) is 0 Å². The number of nitrogens with zero attached hydrogens (tertiary/aromatic N) is 5. The SMILES string of the molecule is O=C(N[C@H]1CN2CCC1CC2)c1cc2sc(-n3ccnn3)cc2cn1. The number of amides is 1. The Hall–Kier alpha value is -2.32. The van der Waals surface area contributed by atoms with E-state index in [1.165, 1.54) is 25.9 Å². The molecule has 8 heteroatoms. The molecule has 1 N–H and O–H groups in total. The van der Waals surface area contributed by atoms with Crippen molar-refractivity contribution < 1.29 is 4.79 Å². The zero-order valence-electron chi connectivity index (χ0n) is 13.6. The molecule has 0 aliphatic carbocycles. The highest BCUT2D eigenvalue weighted by atomic mass is 32.1. The van der Waals surface area contributed by atoms with Gasteiger partial charge >= 0.3 is 0 Å². The van der Waals surface area contributed by atoms with Crippen LogP contribution in [-0.2, 0) is 0 Å². The summed E-state index contributed by atoms with van der Waals surface area (Å²) in [4.78, 5) is 19.5. The fourth-order valence-electron chi connectivity index (χ4n) is 3.85. The molecule has 0 spiro atoms. The summed E-state index contributed by atoms with van der Waals surface area (Å²) >= 11 is 1.58. The summed E-state index contributed by atoms with van der Waals surface area (Å²) in [7, 11) is 0. The minimum absolute atomic E-state index is 0.0728. The second-order valence-electron chi connectivity index (χ2n) is 6.76.